The summed E-state index contributed by atoms with van der Waals surface area (Å²) in [6, 6.07) is 5.44. The summed E-state index contributed by atoms with van der Waals surface area (Å²) in [5, 5.41) is 3.25. The van der Waals surface area contributed by atoms with Gasteiger partial charge >= 0.3 is 0 Å². The van der Waals surface area contributed by atoms with Crippen LogP contribution >= 0.6 is 11.6 Å². The summed E-state index contributed by atoms with van der Waals surface area (Å²) < 4.78 is 0. The van der Waals surface area contributed by atoms with Crippen LogP contribution < -0.4 is 11.1 Å². The molecule has 0 aliphatic carbocycles. The summed E-state index contributed by atoms with van der Waals surface area (Å²) in [5.74, 6) is -0.0721. The lowest BCUT2D eigenvalue weighted by molar-refractivity contribution is -0.117. The maximum Gasteiger partial charge on any atom is 0.238 e. The Kier molecular flexibility index (Phi) is 6.12. The van der Waals surface area contributed by atoms with Crippen molar-refractivity contribution >= 4 is 28.9 Å². The molecule has 106 valence electrons. The zero-order valence-corrected chi connectivity index (χ0v) is 12.5. The van der Waals surface area contributed by atoms with Crippen LogP contribution in [0.2, 0.25) is 5.02 Å². The van der Waals surface area contributed by atoms with E-state index in [2.05, 4.69) is 19.2 Å². The molecule has 5 heteroatoms. The normalized spacial score (nSPS) is 12.5. The third-order valence-electron chi connectivity index (χ3n) is 3.12. The van der Waals surface area contributed by atoms with Gasteiger partial charge in [-0.3, -0.25) is 9.69 Å². The molecule has 0 saturated carbocycles. The van der Waals surface area contributed by atoms with Gasteiger partial charge in [-0.25, -0.2) is 0 Å². The Morgan fingerprint density at radius 1 is 1.53 bits per heavy atom. The van der Waals surface area contributed by atoms with E-state index in [9.17, 15) is 4.79 Å². The zero-order valence-electron chi connectivity index (χ0n) is 11.7. The Morgan fingerprint density at radius 3 is 2.79 bits per heavy atom. The Hall–Kier alpha value is -1.26. The van der Waals surface area contributed by atoms with Crippen LogP contribution in [0, 0.1) is 0 Å². The van der Waals surface area contributed by atoms with E-state index in [0.29, 0.717) is 29.0 Å². The van der Waals surface area contributed by atoms with Crippen LogP contribution in [0.1, 0.15) is 26.7 Å². The number of nitrogen functional groups attached to an aromatic ring is 1. The van der Waals surface area contributed by atoms with E-state index in [1.54, 1.807) is 18.2 Å². The van der Waals surface area contributed by atoms with Crippen molar-refractivity contribution in [3.05, 3.63) is 23.2 Å². The molecule has 4 nitrogen and oxygen atoms in total. The monoisotopic (exact) mass is 283 g/mol. The SMILES string of the molecule is CCCC(C)N(C)CC(=O)Nc1ccc(N)cc1Cl. The number of carbonyl (C=O) groups excluding carboxylic acids is 1. The van der Waals surface area contributed by atoms with Gasteiger partial charge in [0, 0.05) is 11.7 Å². The van der Waals surface area contributed by atoms with Crippen LogP contribution in [-0.4, -0.2) is 30.4 Å². The van der Waals surface area contributed by atoms with E-state index in [-0.39, 0.29) is 5.91 Å². The molecule has 0 saturated heterocycles. The fourth-order valence-electron chi connectivity index (χ4n) is 1.84. The Balaban J connectivity index is 2.55. The summed E-state index contributed by atoms with van der Waals surface area (Å²) in [5.41, 5.74) is 6.78. The van der Waals surface area contributed by atoms with Crippen molar-refractivity contribution in [2.75, 3.05) is 24.6 Å². The van der Waals surface area contributed by atoms with Gasteiger partial charge in [-0.15, -0.1) is 0 Å². The lowest BCUT2D eigenvalue weighted by atomic mass is 10.2. The molecule has 0 bridgehead atoms. The molecule has 1 atom stereocenters. The number of anilines is 2. The molecule has 1 amide bonds. The Morgan fingerprint density at radius 2 is 2.21 bits per heavy atom. The number of rotatable bonds is 6. The highest BCUT2D eigenvalue weighted by atomic mass is 35.5. The van der Waals surface area contributed by atoms with Crippen LogP contribution in [0.5, 0.6) is 0 Å². The van der Waals surface area contributed by atoms with Crippen molar-refractivity contribution in [3.63, 3.8) is 0 Å². The Labute approximate surface area is 119 Å². The number of nitrogens with one attached hydrogen (secondary N) is 1. The summed E-state index contributed by atoms with van der Waals surface area (Å²) >= 11 is 6.01. The average Bonchev–Trinajstić information content (AvgIpc) is 2.33. The number of likely N-dealkylation sites (N-methyl/N-ethyl adjacent to an activating group) is 1. The number of carbonyl (C=O) groups is 1. The van der Waals surface area contributed by atoms with Crippen molar-refractivity contribution in [1.29, 1.82) is 0 Å². The number of nitrogens with zero attached hydrogens (tertiary/aromatic N) is 1. The smallest absolute Gasteiger partial charge is 0.238 e. The van der Waals surface area contributed by atoms with E-state index in [1.807, 2.05) is 11.9 Å². The van der Waals surface area contributed by atoms with Gasteiger partial charge in [0.1, 0.15) is 0 Å². The van der Waals surface area contributed by atoms with Crippen molar-refractivity contribution in [3.8, 4) is 0 Å². The van der Waals surface area contributed by atoms with Crippen molar-refractivity contribution in [2.45, 2.75) is 32.7 Å². The predicted octanol–water partition coefficient (Wildman–Crippen LogP) is 2.98. The largest absolute Gasteiger partial charge is 0.399 e. The molecular formula is C14H22ClN3O. The van der Waals surface area contributed by atoms with Gasteiger partial charge in [-0.05, 0) is 38.6 Å². The summed E-state index contributed by atoms with van der Waals surface area (Å²) in [6.45, 7) is 4.60. The van der Waals surface area contributed by atoms with Crippen molar-refractivity contribution in [1.82, 2.24) is 4.90 Å². The second-order valence-corrected chi connectivity index (χ2v) is 5.25. The molecule has 0 aliphatic heterocycles. The minimum Gasteiger partial charge on any atom is -0.399 e. The first-order chi connectivity index (χ1) is 8.93. The average molecular weight is 284 g/mol. The van der Waals surface area contributed by atoms with Gasteiger partial charge in [0.2, 0.25) is 5.91 Å². The van der Waals surface area contributed by atoms with E-state index < -0.39 is 0 Å². The molecule has 19 heavy (non-hydrogen) atoms. The zero-order chi connectivity index (χ0) is 14.4. The maximum absolute atomic E-state index is 11.9. The molecule has 0 aliphatic rings. The number of amides is 1. The molecule has 1 aromatic rings. The fraction of sp³-hybridized carbons (Fsp3) is 0.500. The highest BCUT2D eigenvalue weighted by Gasteiger charge is 2.13. The second kappa shape index (κ2) is 7.36. The van der Waals surface area contributed by atoms with E-state index in [4.69, 9.17) is 17.3 Å². The van der Waals surface area contributed by atoms with Crippen LogP contribution in [0.25, 0.3) is 0 Å². The van der Waals surface area contributed by atoms with Gasteiger partial charge in [0.25, 0.3) is 0 Å². The van der Waals surface area contributed by atoms with Crippen LogP contribution in [0.3, 0.4) is 0 Å². The quantitative estimate of drug-likeness (QED) is 0.789. The summed E-state index contributed by atoms with van der Waals surface area (Å²) in [7, 11) is 1.95. The van der Waals surface area contributed by atoms with Crippen LogP contribution in [0.4, 0.5) is 11.4 Å². The molecule has 0 heterocycles. The predicted molar refractivity (Wildman–Crippen MR) is 81.5 cm³/mol. The number of hydrogen-bond donors (Lipinski definition) is 2. The maximum atomic E-state index is 11.9. The number of halogens is 1. The molecular weight excluding hydrogens is 262 g/mol. The fourth-order valence-corrected chi connectivity index (χ4v) is 2.08. The first kappa shape index (κ1) is 15.8. The number of nitrogens with two attached hydrogens (primary N) is 1. The van der Waals surface area contributed by atoms with Gasteiger partial charge in [0.15, 0.2) is 0 Å². The lowest BCUT2D eigenvalue weighted by Gasteiger charge is -2.23. The van der Waals surface area contributed by atoms with Crippen molar-refractivity contribution in [2.24, 2.45) is 0 Å². The first-order valence-electron chi connectivity index (χ1n) is 6.49. The highest BCUT2D eigenvalue weighted by molar-refractivity contribution is 6.34. The van der Waals surface area contributed by atoms with Gasteiger partial charge in [-0.2, -0.15) is 0 Å². The van der Waals surface area contributed by atoms with Crippen LogP contribution in [-0.2, 0) is 4.79 Å². The first-order valence-corrected chi connectivity index (χ1v) is 6.87. The van der Waals surface area contributed by atoms with E-state index in [1.165, 1.54) is 0 Å². The number of benzene rings is 1. The van der Waals surface area contributed by atoms with E-state index in [0.717, 1.165) is 12.8 Å². The molecule has 3 N–H and O–H groups in total. The van der Waals surface area contributed by atoms with E-state index >= 15 is 0 Å². The second-order valence-electron chi connectivity index (χ2n) is 4.84. The molecule has 0 aromatic heterocycles. The van der Waals surface area contributed by atoms with Gasteiger partial charge in [0.05, 0.1) is 17.3 Å². The summed E-state index contributed by atoms with van der Waals surface area (Å²) in [4.78, 5) is 14.0. The standard InChI is InChI=1S/C14H22ClN3O/c1-4-5-10(2)18(3)9-14(19)17-13-7-6-11(16)8-12(13)15/h6-8,10H,4-5,9,16H2,1-3H3,(H,17,19). The minimum absolute atomic E-state index is 0.0721. The van der Waals surface area contributed by atoms with Crippen LogP contribution in [0.15, 0.2) is 18.2 Å². The number of hydrogen-bond acceptors (Lipinski definition) is 3. The third-order valence-corrected chi connectivity index (χ3v) is 3.43. The summed E-state index contributed by atoms with van der Waals surface area (Å²) in [6.07, 6.45) is 2.18. The molecule has 0 radical (unpaired) electrons. The Bertz CT molecular complexity index is 437. The lowest BCUT2D eigenvalue weighted by Crippen LogP contribution is -2.36. The molecule has 1 aromatic carbocycles. The van der Waals surface area contributed by atoms with Gasteiger partial charge in [-0.1, -0.05) is 24.9 Å². The minimum atomic E-state index is -0.0721. The van der Waals surface area contributed by atoms with Crippen molar-refractivity contribution < 1.29 is 4.79 Å². The van der Waals surface area contributed by atoms with Gasteiger partial charge < -0.3 is 11.1 Å². The topological polar surface area (TPSA) is 58.4 Å². The molecule has 0 fully saturated rings. The molecule has 0 spiro atoms. The third kappa shape index (κ3) is 5.09. The molecule has 1 unspecified atom stereocenters. The molecule has 1 rings (SSSR count). The highest BCUT2D eigenvalue weighted by Crippen LogP contribution is 2.23.